The zero-order valence-electron chi connectivity index (χ0n) is 27.1. The van der Waals surface area contributed by atoms with Gasteiger partial charge in [0.25, 0.3) is 0 Å². The van der Waals surface area contributed by atoms with Crippen molar-refractivity contribution in [2.45, 2.75) is 45.8 Å². The van der Waals surface area contributed by atoms with Crippen molar-refractivity contribution in [3.8, 4) is 11.1 Å². The number of anilines is 5. The van der Waals surface area contributed by atoms with Crippen LogP contribution in [0.3, 0.4) is 0 Å². The molecule has 2 heterocycles. The van der Waals surface area contributed by atoms with E-state index in [4.69, 9.17) is 0 Å². The Balaban J connectivity index is 1.43. The van der Waals surface area contributed by atoms with Gasteiger partial charge >= 0.3 is 6.85 Å². The third-order valence-corrected chi connectivity index (χ3v) is 11.7. The number of hydrogen-bond acceptors (Lipinski definition) is 2. The summed E-state index contributed by atoms with van der Waals surface area (Å²) >= 11 is 0. The molecule has 0 unspecified atom stereocenters. The number of hydrogen-bond donors (Lipinski definition) is 0. The average molecular weight is 599 g/mol. The summed E-state index contributed by atoms with van der Waals surface area (Å²) in [6.07, 6.45) is 0. The molecular weight excluding hydrogens is 559 g/mol. The van der Waals surface area contributed by atoms with Crippen LogP contribution in [0.2, 0.25) is 19.6 Å². The van der Waals surface area contributed by atoms with Crippen LogP contribution < -0.4 is 25.8 Å². The number of nitrogens with zero attached hydrogens (tertiary/aromatic N) is 2. The number of fused-ring (bicyclic) bond motifs is 5. The van der Waals surface area contributed by atoms with E-state index in [9.17, 15) is 0 Å². The lowest BCUT2D eigenvalue weighted by atomic mass is 9.43. The first-order valence-electron chi connectivity index (χ1n) is 16.2. The Hall–Kier alpha value is -4.54. The van der Waals surface area contributed by atoms with Crippen LogP contribution in [0, 0.1) is 0 Å². The first kappa shape index (κ1) is 28.0. The fourth-order valence-corrected chi connectivity index (χ4v) is 9.70. The van der Waals surface area contributed by atoms with Gasteiger partial charge < -0.3 is 9.71 Å². The van der Waals surface area contributed by atoms with Gasteiger partial charge in [0.2, 0.25) is 0 Å². The predicted octanol–water partition coefficient (Wildman–Crippen LogP) is 9.39. The minimum absolute atomic E-state index is 0.0508. The van der Waals surface area contributed by atoms with Crippen LogP contribution in [-0.2, 0) is 5.41 Å². The Labute approximate surface area is 269 Å². The van der Waals surface area contributed by atoms with Gasteiger partial charge in [0.1, 0.15) is 0 Å². The number of para-hydroxylation sites is 2. The smallest absolute Gasteiger partial charge is 0.333 e. The molecule has 45 heavy (non-hydrogen) atoms. The second-order valence-corrected chi connectivity index (χ2v) is 19.6. The summed E-state index contributed by atoms with van der Waals surface area (Å²) in [6.45, 7) is 14.4. The normalized spacial score (nSPS) is 13.9. The molecule has 4 heteroatoms. The summed E-state index contributed by atoms with van der Waals surface area (Å²) in [6, 6.07) is 47.9. The Morgan fingerprint density at radius 3 is 1.96 bits per heavy atom. The molecule has 0 bridgehead atoms. The predicted molar refractivity (Wildman–Crippen MR) is 199 cm³/mol. The van der Waals surface area contributed by atoms with Crippen LogP contribution in [0.5, 0.6) is 0 Å². The number of benzene rings is 6. The largest absolute Gasteiger partial charge is 0.376 e. The average Bonchev–Trinajstić information content (AvgIpc) is 3.03. The lowest BCUT2D eigenvalue weighted by Gasteiger charge is -2.46. The van der Waals surface area contributed by atoms with Gasteiger partial charge in [0, 0.05) is 34.0 Å². The third-order valence-electron chi connectivity index (χ3n) is 9.69. The molecule has 0 N–H and O–H groups in total. The molecule has 2 aliphatic rings. The van der Waals surface area contributed by atoms with E-state index in [2.05, 4.69) is 178 Å². The lowest BCUT2D eigenvalue weighted by Crippen LogP contribution is -2.62. The maximum Gasteiger partial charge on any atom is 0.333 e. The van der Waals surface area contributed by atoms with Gasteiger partial charge in [-0.3, -0.25) is 0 Å². The highest BCUT2D eigenvalue weighted by atomic mass is 28.3. The van der Waals surface area contributed by atoms with E-state index >= 15 is 0 Å². The second kappa shape index (κ2) is 9.98. The third kappa shape index (κ3) is 4.30. The molecule has 8 rings (SSSR count). The van der Waals surface area contributed by atoms with Crippen molar-refractivity contribution < 1.29 is 0 Å². The molecule has 2 aliphatic heterocycles. The van der Waals surface area contributed by atoms with Crippen LogP contribution in [-0.4, -0.2) is 14.9 Å². The first-order valence-corrected chi connectivity index (χ1v) is 19.7. The lowest BCUT2D eigenvalue weighted by molar-refractivity contribution is 0.590. The van der Waals surface area contributed by atoms with Crippen molar-refractivity contribution in [2.24, 2.45) is 0 Å². The van der Waals surface area contributed by atoms with Gasteiger partial charge in [0.05, 0.1) is 8.07 Å². The summed E-state index contributed by atoms with van der Waals surface area (Å²) < 4.78 is 0. The maximum atomic E-state index is 2.59. The van der Waals surface area contributed by atoms with Crippen LogP contribution in [0.1, 0.15) is 26.3 Å². The standard InChI is InChI=1S/C41H39BN2Si/c1-41(2,3)29-23-25-30(26-24-29)44-35-19-11-9-16-32(35)33-17-13-21-37-39(33)42(44)34-18-10-12-20-36(34)43(37)38-27-22-28-14-7-8-15-31(28)40(38)45(4,5)6/h7-27H,1-6H3. The van der Waals surface area contributed by atoms with Gasteiger partial charge in [-0.15, -0.1) is 0 Å². The van der Waals surface area contributed by atoms with Crippen LogP contribution >= 0.6 is 0 Å². The number of rotatable bonds is 3. The summed E-state index contributed by atoms with van der Waals surface area (Å²) in [5, 5.41) is 4.21. The van der Waals surface area contributed by atoms with E-state index in [1.165, 1.54) is 72.0 Å². The second-order valence-electron chi connectivity index (χ2n) is 14.6. The Morgan fingerprint density at radius 1 is 0.556 bits per heavy atom. The van der Waals surface area contributed by atoms with E-state index < -0.39 is 8.07 Å². The zero-order valence-corrected chi connectivity index (χ0v) is 28.1. The van der Waals surface area contributed by atoms with Crippen LogP contribution in [0.15, 0.2) is 127 Å². The van der Waals surface area contributed by atoms with Crippen LogP contribution in [0.25, 0.3) is 21.9 Å². The van der Waals surface area contributed by atoms with Crippen molar-refractivity contribution >= 4 is 70.2 Å². The van der Waals surface area contributed by atoms with Gasteiger partial charge in [-0.1, -0.05) is 131 Å². The molecule has 0 spiro atoms. The van der Waals surface area contributed by atoms with Gasteiger partial charge in [-0.05, 0) is 79.8 Å². The molecule has 220 valence electrons. The van der Waals surface area contributed by atoms with Crippen molar-refractivity contribution in [3.63, 3.8) is 0 Å². The fraction of sp³-hybridized carbons (Fsp3) is 0.171. The minimum Gasteiger partial charge on any atom is -0.376 e. The highest BCUT2D eigenvalue weighted by Gasteiger charge is 2.45. The summed E-state index contributed by atoms with van der Waals surface area (Å²) in [7, 11) is -1.79. The molecule has 6 aromatic carbocycles. The minimum atomic E-state index is -1.79. The first-order chi connectivity index (χ1) is 21.6. The summed E-state index contributed by atoms with van der Waals surface area (Å²) in [5.74, 6) is 0. The molecule has 0 saturated heterocycles. The molecule has 0 fully saturated rings. The van der Waals surface area contributed by atoms with Crippen molar-refractivity contribution in [3.05, 3.63) is 133 Å². The molecule has 0 aliphatic carbocycles. The SMILES string of the molecule is CC(C)(C)c1ccc(N2B3c4ccccc4N(c4ccc5ccccc5c4[Si](C)(C)C)c4cccc(c43)-c3ccccc32)cc1. The highest BCUT2D eigenvalue weighted by Crippen LogP contribution is 2.46. The van der Waals surface area contributed by atoms with Crippen molar-refractivity contribution in [1.29, 1.82) is 0 Å². The zero-order chi connectivity index (χ0) is 31.1. The topological polar surface area (TPSA) is 6.48 Å². The molecule has 0 radical (unpaired) electrons. The van der Waals surface area contributed by atoms with E-state index in [1.807, 2.05) is 0 Å². The monoisotopic (exact) mass is 598 g/mol. The van der Waals surface area contributed by atoms with E-state index in [0.29, 0.717) is 0 Å². The van der Waals surface area contributed by atoms with Crippen molar-refractivity contribution in [2.75, 3.05) is 9.71 Å². The molecule has 6 aromatic rings. The molecule has 0 saturated carbocycles. The molecule has 0 atom stereocenters. The fourth-order valence-electron chi connectivity index (χ4n) is 7.70. The molecule has 2 nitrogen and oxygen atoms in total. The highest BCUT2D eigenvalue weighted by molar-refractivity contribution is 6.94. The van der Waals surface area contributed by atoms with Gasteiger partial charge in [-0.2, -0.15) is 0 Å². The van der Waals surface area contributed by atoms with Crippen molar-refractivity contribution in [1.82, 2.24) is 0 Å². The van der Waals surface area contributed by atoms with Crippen LogP contribution in [0.4, 0.5) is 28.4 Å². The van der Waals surface area contributed by atoms with Gasteiger partial charge in [-0.25, -0.2) is 0 Å². The van der Waals surface area contributed by atoms with E-state index in [0.717, 1.165) is 0 Å². The summed E-state index contributed by atoms with van der Waals surface area (Å²) in [5.41, 5.74) is 13.1. The van der Waals surface area contributed by atoms with E-state index in [1.54, 1.807) is 0 Å². The summed E-state index contributed by atoms with van der Waals surface area (Å²) in [4.78, 5) is 5.17. The Morgan fingerprint density at radius 2 is 1.20 bits per heavy atom. The Bertz CT molecular complexity index is 2100. The maximum absolute atomic E-state index is 2.59. The van der Waals surface area contributed by atoms with E-state index in [-0.39, 0.29) is 12.3 Å². The molecule has 0 amide bonds. The van der Waals surface area contributed by atoms with Gasteiger partial charge in [0.15, 0.2) is 0 Å². The molecule has 0 aromatic heterocycles. The molecular formula is C41H39BN2Si. The Kier molecular flexibility index (Phi) is 6.21. The quantitative estimate of drug-likeness (QED) is 0.187.